The molecule has 0 saturated heterocycles. The van der Waals surface area contributed by atoms with Crippen molar-refractivity contribution in [3.05, 3.63) is 60.2 Å². The molecule has 18 heavy (non-hydrogen) atoms. The lowest BCUT2D eigenvalue weighted by atomic mass is 10.1. The second-order valence-electron chi connectivity index (χ2n) is 4.26. The Balaban J connectivity index is 1.84. The number of nitrogens with zero attached hydrogens (tertiary/aromatic N) is 1. The molecule has 3 rings (SSSR count). The first-order valence-corrected chi connectivity index (χ1v) is 6.81. The lowest BCUT2D eigenvalue weighted by Gasteiger charge is -2.12. The minimum Gasteiger partial charge on any atom is -0.355 e. The second-order valence-corrected chi connectivity index (χ2v) is 5.29. The van der Waals surface area contributed by atoms with Gasteiger partial charge in [0.2, 0.25) is 0 Å². The van der Waals surface area contributed by atoms with E-state index in [0.717, 1.165) is 10.6 Å². The van der Waals surface area contributed by atoms with Crippen molar-refractivity contribution in [2.24, 2.45) is 0 Å². The van der Waals surface area contributed by atoms with Gasteiger partial charge >= 0.3 is 0 Å². The van der Waals surface area contributed by atoms with Gasteiger partial charge in [0.15, 0.2) is 5.13 Å². The SMILES string of the molecule is CC(Nc1nc2ccccc2s1)c1ccccc1. The van der Waals surface area contributed by atoms with E-state index in [0.29, 0.717) is 0 Å². The van der Waals surface area contributed by atoms with Gasteiger partial charge in [0, 0.05) is 0 Å². The highest BCUT2D eigenvalue weighted by Gasteiger charge is 2.08. The van der Waals surface area contributed by atoms with Crippen molar-refractivity contribution >= 4 is 26.7 Å². The first-order valence-electron chi connectivity index (χ1n) is 6.00. The molecule has 3 aromatic rings. The van der Waals surface area contributed by atoms with Crippen molar-refractivity contribution in [3.63, 3.8) is 0 Å². The minimum absolute atomic E-state index is 0.270. The summed E-state index contributed by atoms with van der Waals surface area (Å²) in [6.45, 7) is 2.15. The molecule has 0 saturated carbocycles. The fourth-order valence-electron chi connectivity index (χ4n) is 1.94. The number of fused-ring (bicyclic) bond motifs is 1. The van der Waals surface area contributed by atoms with Gasteiger partial charge in [-0.1, -0.05) is 53.8 Å². The Hall–Kier alpha value is -1.87. The van der Waals surface area contributed by atoms with Gasteiger partial charge < -0.3 is 5.32 Å². The number of nitrogens with one attached hydrogen (secondary N) is 1. The summed E-state index contributed by atoms with van der Waals surface area (Å²) in [5.41, 5.74) is 2.34. The summed E-state index contributed by atoms with van der Waals surface area (Å²) in [5, 5.41) is 4.43. The van der Waals surface area contributed by atoms with Crippen molar-refractivity contribution in [2.45, 2.75) is 13.0 Å². The number of hydrogen-bond donors (Lipinski definition) is 1. The van der Waals surface area contributed by atoms with Crippen molar-refractivity contribution in [1.29, 1.82) is 0 Å². The zero-order valence-corrected chi connectivity index (χ0v) is 10.9. The molecule has 0 aliphatic carbocycles. The summed E-state index contributed by atoms with van der Waals surface area (Å²) in [4.78, 5) is 4.59. The molecule has 1 N–H and O–H groups in total. The quantitative estimate of drug-likeness (QED) is 0.746. The van der Waals surface area contributed by atoms with Crippen molar-refractivity contribution < 1.29 is 0 Å². The van der Waals surface area contributed by atoms with Crippen LogP contribution in [0.25, 0.3) is 10.2 Å². The highest BCUT2D eigenvalue weighted by molar-refractivity contribution is 7.22. The van der Waals surface area contributed by atoms with Crippen LogP contribution in [-0.2, 0) is 0 Å². The van der Waals surface area contributed by atoms with Gasteiger partial charge in [-0.3, -0.25) is 0 Å². The van der Waals surface area contributed by atoms with Crippen LogP contribution in [0.1, 0.15) is 18.5 Å². The van der Waals surface area contributed by atoms with E-state index in [-0.39, 0.29) is 6.04 Å². The Labute approximate surface area is 110 Å². The molecule has 0 aliphatic rings. The largest absolute Gasteiger partial charge is 0.355 e. The first kappa shape index (κ1) is 11.2. The summed E-state index contributed by atoms with van der Waals surface area (Å²) < 4.78 is 1.22. The van der Waals surface area contributed by atoms with E-state index in [9.17, 15) is 0 Å². The van der Waals surface area contributed by atoms with Gasteiger partial charge in [-0.05, 0) is 24.6 Å². The number of hydrogen-bond acceptors (Lipinski definition) is 3. The zero-order chi connectivity index (χ0) is 12.4. The molecule has 0 amide bonds. The highest BCUT2D eigenvalue weighted by Crippen LogP contribution is 2.28. The van der Waals surface area contributed by atoms with Crippen LogP contribution in [0.15, 0.2) is 54.6 Å². The average molecular weight is 254 g/mol. The Morgan fingerprint density at radius 3 is 2.50 bits per heavy atom. The molecular formula is C15H14N2S. The van der Waals surface area contributed by atoms with Gasteiger partial charge in [0.25, 0.3) is 0 Å². The maximum Gasteiger partial charge on any atom is 0.184 e. The van der Waals surface area contributed by atoms with E-state index in [1.54, 1.807) is 11.3 Å². The molecule has 2 nitrogen and oxygen atoms in total. The molecule has 1 atom stereocenters. The molecule has 0 radical (unpaired) electrons. The molecule has 0 bridgehead atoms. The Morgan fingerprint density at radius 1 is 1.00 bits per heavy atom. The topological polar surface area (TPSA) is 24.9 Å². The van der Waals surface area contributed by atoms with Gasteiger partial charge in [-0.25, -0.2) is 4.98 Å². The van der Waals surface area contributed by atoms with Gasteiger partial charge in [-0.15, -0.1) is 0 Å². The second kappa shape index (κ2) is 4.78. The van der Waals surface area contributed by atoms with E-state index in [1.165, 1.54) is 10.3 Å². The lowest BCUT2D eigenvalue weighted by molar-refractivity contribution is 0.883. The summed E-state index contributed by atoms with van der Waals surface area (Å²) in [7, 11) is 0. The van der Waals surface area contributed by atoms with Gasteiger partial charge in [-0.2, -0.15) is 0 Å². The number of thiazole rings is 1. The Morgan fingerprint density at radius 2 is 1.72 bits per heavy atom. The summed E-state index contributed by atoms with van der Waals surface area (Å²) in [5.74, 6) is 0. The fraction of sp³-hybridized carbons (Fsp3) is 0.133. The molecular weight excluding hydrogens is 240 g/mol. The van der Waals surface area contributed by atoms with E-state index < -0.39 is 0 Å². The fourth-order valence-corrected chi connectivity index (χ4v) is 2.90. The zero-order valence-electron chi connectivity index (χ0n) is 10.1. The van der Waals surface area contributed by atoms with Crippen molar-refractivity contribution in [2.75, 3.05) is 5.32 Å². The molecule has 0 aliphatic heterocycles. The number of benzene rings is 2. The third kappa shape index (κ3) is 2.22. The minimum atomic E-state index is 0.270. The van der Waals surface area contributed by atoms with Crippen LogP contribution in [-0.4, -0.2) is 4.98 Å². The van der Waals surface area contributed by atoms with Crippen molar-refractivity contribution in [3.8, 4) is 0 Å². The normalized spacial score (nSPS) is 12.5. The predicted octanol–water partition coefficient (Wildman–Crippen LogP) is 4.47. The van der Waals surface area contributed by atoms with Crippen LogP contribution < -0.4 is 5.32 Å². The van der Waals surface area contributed by atoms with Crippen LogP contribution in [0, 0.1) is 0 Å². The molecule has 1 aromatic heterocycles. The Bertz CT molecular complexity index is 613. The third-order valence-electron chi connectivity index (χ3n) is 2.93. The third-order valence-corrected chi connectivity index (χ3v) is 3.90. The number of anilines is 1. The molecule has 1 heterocycles. The molecule has 0 spiro atoms. The molecule has 90 valence electrons. The monoisotopic (exact) mass is 254 g/mol. The maximum absolute atomic E-state index is 4.59. The van der Waals surface area contributed by atoms with E-state index >= 15 is 0 Å². The summed E-state index contributed by atoms with van der Waals surface area (Å²) in [6, 6.07) is 18.9. The molecule has 2 aromatic carbocycles. The van der Waals surface area contributed by atoms with Crippen molar-refractivity contribution in [1.82, 2.24) is 4.98 Å². The number of rotatable bonds is 3. The summed E-state index contributed by atoms with van der Waals surface area (Å²) in [6.07, 6.45) is 0. The molecule has 3 heteroatoms. The molecule has 1 unspecified atom stereocenters. The van der Waals surface area contributed by atoms with Crippen LogP contribution in [0.2, 0.25) is 0 Å². The Kier molecular flexibility index (Phi) is 2.99. The highest BCUT2D eigenvalue weighted by atomic mass is 32.1. The molecule has 0 fully saturated rings. The lowest BCUT2D eigenvalue weighted by Crippen LogP contribution is -2.05. The smallest absolute Gasteiger partial charge is 0.184 e. The summed E-state index contributed by atoms with van der Waals surface area (Å²) >= 11 is 1.70. The van der Waals surface area contributed by atoms with Gasteiger partial charge in [0.05, 0.1) is 16.3 Å². The van der Waals surface area contributed by atoms with Crippen LogP contribution in [0.5, 0.6) is 0 Å². The standard InChI is InChI=1S/C15H14N2S/c1-11(12-7-3-2-4-8-12)16-15-17-13-9-5-6-10-14(13)18-15/h2-11H,1H3,(H,16,17). The predicted molar refractivity (Wildman–Crippen MR) is 78.1 cm³/mol. The number of aromatic nitrogens is 1. The van der Waals surface area contributed by atoms with E-state index in [4.69, 9.17) is 0 Å². The first-order chi connectivity index (χ1) is 8.83. The van der Waals surface area contributed by atoms with E-state index in [1.807, 2.05) is 24.3 Å². The van der Waals surface area contributed by atoms with Crippen LogP contribution in [0.3, 0.4) is 0 Å². The van der Waals surface area contributed by atoms with Crippen LogP contribution >= 0.6 is 11.3 Å². The number of para-hydroxylation sites is 1. The van der Waals surface area contributed by atoms with Crippen LogP contribution in [0.4, 0.5) is 5.13 Å². The average Bonchev–Trinajstić information content (AvgIpc) is 2.82. The van der Waals surface area contributed by atoms with Gasteiger partial charge in [0.1, 0.15) is 0 Å². The maximum atomic E-state index is 4.59. The van der Waals surface area contributed by atoms with E-state index in [2.05, 4.69) is 47.6 Å².